The molecule has 1 N–H and O–H groups in total. The SMILES string of the molecule is COc1ccc(C2CC(=O)C3=C(C2)Nc2ccc4ncccc4c2C3c2ccc(OC)cc2)cc1. The minimum atomic E-state index is -0.163. The van der Waals surface area contributed by atoms with Crippen molar-refractivity contribution in [2.75, 3.05) is 19.5 Å². The van der Waals surface area contributed by atoms with Gasteiger partial charge >= 0.3 is 0 Å². The fraction of sp³-hybridized carbons (Fsp3) is 0.200. The quantitative estimate of drug-likeness (QED) is 0.391. The monoisotopic (exact) mass is 462 g/mol. The molecule has 174 valence electrons. The highest BCUT2D eigenvalue weighted by atomic mass is 16.5. The summed E-state index contributed by atoms with van der Waals surface area (Å²) >= 11 is 0. The number of fused-ring (bicyclic) bond motifs is 3. The van der Waals surface area contributed by atoms with E-state index in [0.29, 0.717) is 6.42 Å². The van der Waals surface area contributed by atoms with Gasteiger partial charge in [0.25, 0.3) is 0 Å². The first-order chi connectivity index (χ1) is 17.2. The standard InChI is InChI=1S/C30H26N2O3/c1-34-21-9-5-18(6-10-21)20-16-26-30(27(33)17-20)28(19-7-11-22(35-2)12-8-19)29-23-4-3-15-31-24(23)13-14-25(29)32-26/h3-15,20,28,32H,16-17H2,1-2H3. The lowest BCUT2D eigenvalue weighted by Crippen LogP contribution is -2.30. The fourth-order valence-corrected chi connectivity index (χ4v) is 5.53. The van der Waals surface area contributed by atoms with Gasteiger partial charge in [-0.3, -0.25) is 9.78 Å². The lowest BCUT2D eigenvalue weighted by Gasteiger charge is -2.37. The lowest BCUT2D eigenvalue weighted by atomic mass is 9.71. The maximum Gasteiger partial charge on any atom is 0.162 e. The van der Waals surface area contributed by atoms with Crippen molar-refractivity contribution in [1.82, 2.24) is 4.98 Å². The van der Waals surface area contributed by atoms with Gasteiger partial charge in [-0.15, -0.1) is 0 Å². The van der Waals surface area contributed by atoms with Crippen LogP contribution in [0.3, 0.4) is 0 Å². The topological polar surface area (TPSA) is 60.5 Å². The average Bonchev–Trinajstić information content (AvgIpc) is 2.91. The van der Waals surface area contributed by atoms with Crippen molar-refractivity contribution in [3.63, 3.8) is 0 Å². The third-order valence-electron chi connectivity index (χ3n) is 7.23. The van der Waals surface area contributed by atoms with Gasteiger partial charge in [-0.25, -0.2) is 0 Å². The van der Waals surface area contributed by atoms with Gasteiger partial charge in [0.1, 0.15) is 11.5 Å². The maximum atomic E-state index is 13.8. The first kappa shape index (κ1) is 21.4. The molecule has 6 rings (SSSR count). The van der Waals surface area contributed by atoms with Crippen LogP contribution in [0.2, 0.25) is 0 Å². The molecule has 5 nitrogen and oxygen atoms in total. The van der Waals surface area contributed by atoms with E-state index in [1.165, 1.54) is 0 Å². The Morgan fingerprint density at radius 3 is 2.20 bits per heavy atom. The molecule has 35 heavy (non-hydrogen) atoms. The van der Waals surface area contributed by atoms with Crippen molar-refractivity contribution in [3.05, 3.63) is 107 Å². The number of allylic oxidation sites excluding steroid dienone is 2. The summed E-state index contributed by atoms with van der Waals surface area (Å²) in [5.74, 6) is 1.77. The molecular weight excluding hydrogens is 436 g/mol. The summed E-state index contributed by atoms with van der Waals surface area (Å²) in [7, 11) is 3.33. The maximum absolute atomic E-state index is 13.8. The lowest BCUT2D eigenvalue weighted by molar-refractivity contribution is -0.116. The van der Waals surface area contributed by atoms with Crippen molar-refractivity contribution < 1.29 is 14.3 Å². The van der Waals surface area contributed by atoms with E-state index < -0.39 is 0 Å². The van der Waals surface area contributed by atoms with E-state index in [0.717, 1.165) is 62.5 Å². The zero-order chi connectivity index (χ0) is 23.9. The highest BCUT2D eigenvalue weighted by Crippen LogP contribution is 2.50. The molecule has 0 saturated heterocycles. The van der Waals surface area contributed by atoms with Crippen LogP contribution in [0.5, 0.6) is 11.5 Å². The fourth-order valence-electron chi connectivity index (χ4n) is 5.53. The molecule has 0 radical (unpaired) electrons. The molecule has 0 spiro atoms. The zero-order valence-corrected chi connectivity index (χ0v) is 19.7. The van der Waals surface area contributed by atoms with E-state index >= 15 is 0 Å². The van der Waals surface area contributed by atoms with E-state index in [9.17, 15) is 4.79 Å². The highest BCUT2D eigenvalue weighted by molar-refractivity contribution is 6.04. The summed E-state index contributed by atoms with van der Waals surface area (Å²) in [5.41, 5.74) is 7.18. The van der Waals surface area contributed by atoms with Gasteiger partial charge < -0.3 is 14.8 Å². The van der Waals surface area contributed by atoms with Crippen LogP contribution in [0.15, 0.2) is 90.3 Å². The number of pyridine rings is 1. The molecule has 1 aliphatic heterocycles. The normalized spacial score (nSPS) is 19.1. The number of carbonyl (C=O) groups is 1. The number of ether oxygens (including phenoxy) is 2. The molecule has 0 fully saturated rings. The first-order valence-electron chi connectivity index (χ1n) is 11.8. The minimum absolute atomic E-state index is 0.125. The first-order valence-corrected chi connectivity index (χ1v) is 11.8. The summed E-state index contributed by atoms with van der Waals surface area (Å²) in [4.78, 5) is 18.4. The predicted molar refractivity (Wildman–Crippen MR) is 137 cm³/mol. The van der Waals surface area contributed by atoms with Gasteiger partial charge in [0.05, 0.1) is 19.7 Å². The number of rotatable bonds is 4. The predicted octanol–water partition coefficient (Wildman–Crippen LogP) is 6.21. The van der Waals surface area contributed by atoms with Crippen molar-refractivity contribution >= 4 is 22.4 Å². The number of Topliss-reactive ketones (excluding diaryl/α,β-unsaturated/α-hetero) is 1. The second-order valence-corrected chi connectivity index (χ2v) is 9.12. The number of benzene rings is 3. The van der Waals surface area contributed by atoms with Crippen LogP contribution in [0, 0.1) is 0 Å². The third-order valence-corrected chi connectivity index (χ3v) is 7.23. The number of ketones is 1. The molecule has 0 saturated carbocycles. The minimum Gasteiger partial charge on any atom is -0.497 e. The molecule has 0 bridgehead atoms. The number of nitrogens with one attached hydrogen (secondary N) is 1. The van der Waals surface area contributed by atoms with E-state index in [1.54, 1.807) is 14.2 Å². The van der Waals surface area contributed by atoms with Crippen LogP contribution in [-0.4, -0.2) is 25.0 Å². The molecule has 5 heteroatoms. The molecule has 2 aliphatic rings. The van der Waals surface area contributed by atoms with Crippen molar-refractivity contribution in [1.29, 1.82) is 0 Å². The third kappa shape index (κ3) is 3.64. The Kier molecular flexibility index (Phi) is 5.25. The Balaban J connectivity index is 1.50. The Morgan fingerprint density at radius 2 is 1.51 bits per heavy atom. The van der Waals surface area contributed by atoms with Crippen molar-refractivity contribution in [2.45, 2.75) is 24.7 Å². The number of aromatic nitrogens is 1. The number of methoxy groups -OCH3 is 2. The van der Waals surface area contributed by atoms with Gasteiger partial charge in [-0.1, -0.05) is 30.3 Å². The summed E-state index contributed by atoms with van der Waals surface area (Å²) < 4.78 is 10.7. The zero-order valence-electron chi connectivity index (χ0n) is 19.7. The van der Waals surface area contributed by atoms with Gasteiger partial charge in [0.2, 0.25) is 0 Å². The van der Waals surface area contributed by atoms with Gasteiger partial charge in [0, 0.05) is 40.9 Å². The van der Waals surface area contributed by atoms with Crippen molar-refractivity contribution in [2.24, 2.45) is 0 Å². The molecule has 0 amide bonds. The number of nitrogens with zero attached hydrogens (tertiary/aromatic N) is 1. The van der Waals surface area contributed by atoms with Gasteiger partial charge in [0.15, 0.2) is 5.78 Å². The van der Waals surface area contributed by atoms with Crippen LogP contribution in [0.4, 0.5) is 5.69 Å². The van der Waals surface area contributed by atoms with Crippen LogP contribution < -0.4 is 14.8 Å². The molecular formula is C30H26N2O3. The van der Waals surface area contributed by atoms with Gasteiger partial charge in [-0.2, -0.15) is 0 Å². The molecule has 4 aromatic rings. The number of hydrogen-bond acceptors (Lipinski definition) is 5. The van der Waals surface area contributed by atoms with Gasteiger partial charge in [-0.05, 0) is 71.5 Å². The van der Waals surface area contributed by atoms with E-state index in [1.807, 2.05) is 42.6 Å². The number of anilines is 1. The van der Waals surface area contributed by atoms with Crippen LogP contribution >= 0.6 is 0 Å². The number of carbonyl (C=O) groups excluding carboxylic acids is 1. The van der Waals surface area contributed by atoms with Crippen LogP contribution in [0.25, 0.3) is 10.9 Å². The summed E-state index contributed by atoms with van der Waals surface area (Å²) in [6, 6.07) is 24.3. The summed E-state index contributed by atoms with van der Waals surface area (Å²) in [5, 5.41) is 4.71. The Bertz CT molecular complexity index is 1460. The van der Waals surface area contributed by atoms with Crippen LogP contribution in [-0.2, 0) is 4.79 Å². The molecule has 2 heterocycles. The Labute approximate surface area is 204 Å². The molecule has 2 atom stereocenters. The second-order valence-electron chi connectivity index (χ2n) is 9.12. The van der Waals surface area contributed by atoms with E-state index in [-0.39, 0.29) is 17.6 Å². The van der Waals surface area contributed by atoms with Crippen LogP contribution in [0.1, 0.15) is 41.4 Å². The van der Waals surface area contributed by atoms with E-state index in [4.69, 9.17) is 9.47 Å². The van der Waals surface area contributed by atoms with E-state index in [2.05, 4.69) is 46.7 Å². The second kappa shape index (κ2) is 8.58. The number of hydrogen-bond donors (Lipinski definition) is 1. The summed E-state index contributed by atoms with van der Waals surface area (Å²) in [6.07, 6.45) is 3.08. The largest absolute Gasteiger partial charge is 0.497 e. The van der Waals surface area contributed by atoms with Crippen molar-refractivity contribution in [3.8, 4) is 11.5 Å². The Morgan fingerprint density at radius 1 is 0.829 bits per heavy atom. The average molecular weight is 463 g/mol. The smallest absolute Gasteiger partial charge is 0.162 e. The molecule has 1 aliphatic carbocycles. The Hall–Kier alpha value is -4.12. The molecule has 2 unspecified atom stereocenters. The summed E-state index contributed by atoms with van der Waals surface area (Å²) in [6.45, 7) is 0. The molecule has 3 aromatic carbocycles. The highest BCUT2D eigenvalue weighted by Gasteiger charge is 2.39. The molecule has 1 aromatic heterocycles.